The molecule has 0 bridgehead atoms. The second kappa shape index (κ2) is 7.92. The normalized spacial score (nSPS) is 19.5. The number of nitrogens with zero attached hydrogens (tertiary/aromatic N) is 3. The molecule has 0 saturated heterocycles. The summed E-state index contributed by atoms with van der Waals surface area (Å²) >= 11 is 0. The average molecular weight is 376 g/mol. The molecule has 4 rings (SSSR count). The fourth-order valence-corrected chi connectivity index (χ4v) is 4.05. The highest BCUT2D eigenvalue weighted by atomic mass is 16.4. The van der Waals surface area contributed by atoms with Crippen molar-refractivity contribution in [3.63, 3.8) is 0 Å². The number of hydrogen-bond acceptors (Lipinski definition) is 4. The van der Waals surface area contributed by atoms with Crippen LogP contribution >= 0.6 is 0 Å². The number of aliphatic carboxylic acids is 1. The quantitative estimate of drug-likeness (QED) is 0.679. The number of rotatable bonds is 5. The highest BCUT2D eigenvalue weighted by Gasteiger charge is 2.23. The number of H-pyrrole nitrogens is 1. The Balaban J connectivity index is 1.41. The highest BCUT2D eigenvalue weighted by molar-refractivity contribution is 5.67. The third-order valence-electron chi connectivity index (χ3n) is 5.62. The Hall–Kier alpha value is -3.02. The molecule has 0 radical (unpaired) electrons. The number of nitrogens with one attached hydrogen (secondary N) is 1. The second-order valence-corrected chi connectivity index (χ2v) is 7.60. The van der Waals surface area contributed by atoms with E-state index in [2.05, 4.69) is 44.4 Å². The minimum Gasteiger partial charge on any atom is -0.481 e. The molecule has 0 spiro atoms. The van der Waals surface area contributed by atoms with E-state index in [0.717, 1.165) is 48.3 Å². The molecule has 0 unspecified atom stereocenters. The predicted octanol–water partition coefficient (Wildman–Crippen LogP) is 4.59. The van der Waals surface area contributed by atoms with Crippen LogP contribution in [0.5, 0.6) is 0 Å². The fourth-order valence-electron chi connectivity index (χ4n) is 4.05. The first-order valence-corrected chi connectivity index (χ1v) is 9.76. The van der Waals surface area contributed by atoms with Gasteiger partial charge in [0.15, 0.2) is 5.82 Å². The van der Waals surface area contributed by atoms with Gasteiger partial charge in [0, 0.05) is 23.7 Å². The number of carbonyl (C=O) groups is 1. The van der Waals surface area contributed by atoms with Gasteiger partial charge in [0.2, 0.25) is 0 Å². The number of benzene rings is 1. The number of carboxylic acid groups (broad SMARTS) is 1. The molecule has 2 aromatic heterocycles. The monoisotopic (exact) mass is 376 g/mol. The minimum atomic E-state index is -0.676. The Morgan fingerprint density at radius 3 is 2.36 bits per heavy atom. The molecular weight excluding hydrogens is 352 g/mol. The van der Waals surface area contributed by atoms with Gasteiger partial charge in [-0.05, 0) is 62.1 Å². The van der Waals surface area contributed by atoms with E-state index in [4.69, 9.17) is 5.11 Å². The van der Waals surface area contributed by atoms with Crippen molar-refractivity contribution in [2.75, 3.05) is 0 Å². The van der Waals surface area contributed by atoms with Gasteiger partial charge in [-0.2, -0.15) is 5.10 Å². The van der Waals surface area contributed by atoms with Crippen molar-refractivity contribution >= 4 is 5.97 Å². The SMILES string of the molecule is Cc1n[nH]c(-c2ccc(-c3ccc([C@H]4CC[C@H](CC(=O)O)CC4)cc3)nc2)n1. The van der Waals surface area contributed by atoms with Crippen LogP contribution in [0.1, 0.15) is 49.4 Å². The first kappa shape index (κ1) is 18.3. The number of aromatic amines is 1. The Kier molecular flexibility index (Phi) is 5.19. The van der Waals surface area contributed by atoms with E-state index in [-0.39, 0.29) is 0 Å². The van der Waals surface area contributed by atoms with Crippen LogP contribution in [0.2, 0.25) is 0 Å². The fraction of sp³-hybridized carbons (Fsp3) is 0.364. The maximum absolute atomic E-state index is 10.9. The molecule has 1 fully saturated rings. The molecule has 1 saturated carbocycles. The largest absolute Gasteiger partial charge is 0.481 e. The molecule has 0 aliphatic heterocycles. The zero-order valence-electron chi connectivity index (χ0n) is 15.9. The number of aromatic nitrogens is 4. The highest BCUT2D eigenvalue weighted by Crippen LogP contribution is 2.37. The third kappa shape index (κ3) is 4.11. The van der Waals surface area contributed by atoms with Crippen LogP contribution in [-0.2, 0) is 4.79 Å². The van der Waals surface area contributed by atoms with E-state index in [1.165, 1.54) is 5.56 Å². The Labute approximate surface area is 164 Å². The molecular formula is C22H24N4O2. The van der Waals surface area contributed by atoms with Crippen molar-refractivity contribution in [2.24, 2.45) is 5.92 Å². The van der Waals surface area contributed by atoms with Crippen LogP contribution in [0.3, 0.4) is 0 Å². The van der Waals surface area contributed by atoms with Crippen LogP contribution in [-0.4, -0.2) is 31.2 Å². The number of carboxylic acids is 1. The molecule has 0 amide bonds. The van der Waals surface area contributed by atoms with E-state index in [1.54, 1.807) is 0 Å². The van der Waals surface area contributed by atoms with Gasteiger partial charge in [0.1, 0.15) is 5.82 Å². The van der Waals surface area contributed by atoms with Crippen LogP contribution in [0.15, 0.2) is 42.6 Å². The first-order chi connectivity index (χ1) is 13.6. The van der Waals surface area contributed by atoms with Gasteiger partial charge in [-0.25, -0.2) is 4.98 Å². The van der Waals surface area contributed by atoms with E-state index >= 15 is 0 Å². The lowest BCUT2D eigenvalue weighted by Gasteiger charge is -2.28. The molecule has 1 aliphatic carbocycles. The maximum Gasteiger partial charge on any atom is 0.303 e. The Morgan fingerprint density at radius 2 is 1.79 bits per heavy atom. The number of aryl methyl sites for hydroxylation is 1. The molecule has 6 heteroatoms. The summed E-state index contributed by atoms with van der Waals surface area (Å²) in [6, 6.07) is 12.6. The predicted molar refractivity (Wildman–Crippen MR) is 107 cm³/mol. The van der Waals surface area contributed by atoms with Crippen LogP contribution in [0.25, 0.3) is 22.6 Å². The summed E-state index contributed by atoms with van der Waals surface area (Å²) in [5.41, 5.74) is 4.27. The summed E-state index contributed by atoms with van der Waals surface area (Å²) in [5.74, 6) is 1.63. The van der Waals surface area contributed by atoms with Gasteiger partial charge in [-0.1, -0.05) is 24.3 Å². The zero-order valence-corrected chi connectivity index (χ0v) is 15.9. The molecule has 6 nitrogen and oxygen atoms in total. The molecule has 3 aromatic rings. The number of pyridine rings is 1. The van der Waals surface area contributed by atoms with Crippen molar-refractivity contribution in [3.05, 3.63) is 54.0 Å². The zero-order chi connectivity index (χ0) is 19.5. The van der Waals surface area contributed by atoms with Crippen LogP contribution in [0, 0.1) is 12.8 Å². The summed E-state index contributed by atoms with van der Waals surface area (Å²) in [6.45, 7) is 1.85. The molecule has 2 N–H and O–H groups in total. The maximum atomic E-state index is 10.9. The molecule has 28 heavy (non-hydrogen) atoms. The van der Waals surface area contributed by atoms with Crippen LogP contribution in [0.4, 0.5) is 0 Å². The Bertz CT molecular complexity index is 939. The molecule has 0 atom stereocenters. The van der Waals surface area contributed by atoms with Gasteiger partial charge >= 0.3 is 5.97 Å². The van der Waals surface area contributed by atoms with E-state index in [9.17, 15) is 4.79 Å². The van der Waals surface area contributed by atoms with Crippen molar-refractivity contribution in [2.45, 2.75) is 44.9 Å². The molecule has 2 heterocycles. The summed E-state index contributed by atoms with van der Waals surface area (Å²) in [7, 11) is 0. The first-order valence-electron chi connectivity index (χ1n) is 9.76. The molecule has 144 valence electrons. The van der Waals surface area contributed by atoms with Crippen LogP contribution < -0.4 is 0 Å². The van der Waals surface area contributed by atoms with Gasteiger partial charge in [0.25, 0.3) is 0 Å². The minimum absolute atomic E-state index is 0.307. The lowest BCUT2D eigenvalue weighted by Crippen LogP contribution is -2.16. The lowest BCUT2D eigenvalue weighted by molar-refractivity contribution is -0.138. The van der Waals surface area contributed by atoms with E-state index in [1.807, 2.05) is 25.3 Å². The second-order valence-electron chi connectivity index (χ2n) is 7.60. The van der Waals surface area contributed by atoms with E-state index in [0.29, 0.717) is 24.1 Å². The van der Waals surface area contributed by atoms with Crippen molar-refractivity contribution < 1.29 is 9.90 Å². The van der Waals surface area contributed by atoms with Crippen molar-refractivity contribution in [3.8, 4) is 22.6 Å². The van der Waals surface area contributed by atoms with E-state index < -0.39 is 5.97 Å². The van der Waals surface area contributed by atoms with Gasteiger partial charge < -0.3 is 5.11 Å². The summed E-state index contributed by atoms with van der Waals surface area (Å²) in [5, 5.41) is 15.9. The third-order valence-corrected chi connectivity index (χ3v) is 5.62. The summed E-state index contributed by atoms with van der Waals surface area (Å²) in [4.78, 5) is 19.8. The standard InChI is InChI=1S/C22H24N4O2/c1-14-24-22(26-25-14)19-10-11-20(23-13-19)18-8-6-17(7-9-18)16-4-2-15(3-5-16)12-21(27)28/h6-11,13,15-16H,2-5,12H2,1H3,(H,27,28)(H,24,25,26)/t15-,16-. The summed E-state index contributed by atoms with van der Waals surface area (Å²) < 4.78 is 0. The lowest BCUT2D eigenvalue weighted by atomic mass is 9.77. The Morgan fingerprint density at radius 1 is 1.07 bits per heavy atom. The van der Waals surface area contributed by atoms with Gasteiger partial charge in [-0.3, -0.25) is 14.9 Å². The van der Waals surface area contributed by atoms with Gasteiger partial charge in [0.05, 0.1) is 5.69 Å². The smallest absolute Gasteiger partial charge is 0.303 e. The van der Waals surface area contributed by atoms with Gasteiger partial charge in [-0.15, -0.1) is 0 Å². The molecule has 1 aromatic carbocycles. The summed E-state index contributed by atoms with van der Waals surface area (Å²) in [6.07, 6.45) is 6.27. The number of hydrogen-bond donors (Lipinski definition) is 2. The van der Waals surface area contributed by atoms with Crippen molar-refractivity contribution in [1.29, 1.82) is 0 Å². The average Bonchev–Trinajstić information content (AvgIpc) is 3.15. The van der Waals surface area contributed by atoms with Crippen molar-refractivity contribution in [1.82, 2.24) is 20.2 Å². The topological polar surface area (TPSA) is 91.8 Å². The molecule has 1 aliphatic rings.